The van der Waals surface area contributed by atoms with E-state index in [2.05, 4.69) is 10.4 Å². The van der Waals surface area contributed by atoms with Crippen LogP contribution in [-0.4, -0.2) is 44.1 Å². The van der Waals surface area contributed by atoms with Crippen LogP contribution >= 0.6 is 0 Å². The summed E-state index contributed by atoms with van der Waals surface area (Å²) < 4.78 is 0. The molecule has 8 nitrogen and oxygen atoms in total. The van der Waals surface area contributed by atoms with Gasteiger partial charge in [0, 0.05) is 0 Å². The molecule has 8 heteroatoms. The van der Waals surface area contributed by atoms with Crippen LogP contribution in [0, 0.1) is 0 Å². The van der Waals surface area contributed by atoms with E-state index in [9.17, 15) is 9.59 Å². The zero-order chi connectivity index (χ0) is 11.5. The van der Waals surface area contributed by atoms with E-state index in [4.69, 9.17) is 10.2 Å². The van der Waals surface area contributed by atoms with Gasteiger partial charge in [-0.05, 0) is 6.92 Å². The van der Waals surface area contributed by atoms with Crippen LogP contribution in [0.15, 0.2) is 9.59 Å². The van der Waals surface area contributed by atoms with Gasteiger partial charge in [-0.25, -0.2) is 9.89 Å². The number of H-pyrrole nitrogens is 2. The van der Waals surface area contributed by atoms with Gasteiger partial charge in [0.2, 0.25) is 5.82 Å². The Kier molecular flexibility index (Phi) is 3.22. The van der Waals surface area contributed by atoms with Gasteiger partial charge in [0.15, 0.2) is 0 Å². The average molecular weight is 216 g/mol. The van der Waals surface area contributed by atoms with Crippen molar-refractivity contribution in [3.63, 3.8) is 0 Å². The summed E-state index contributed by atoms with van der Waals surface area (Å²) in [5.41, 5.74) is -2.51. The minimum atomic E-state index is -1.07. The van der Waals surface area contributed by atoms with Crippen molar-refractivity contribution >= 4 is 5.82 Å². The second kappa shape index (κ2) is 4.24. The smallest absolute Gasteiger partial charge is 0.342 e. The van der Waals surface area contributed by atoms with E-state index in [0.717, 1.165) is 0 Å². The number of hydrogen-bond acceptors (Lipinski definition) is 6. The van der Waals surface area contributed by atoms with Gasteiger partial charge < -0.3 is 15.5 Å². The number of aliphatic hydroxyl groups excluding tert-OH is 2. The predicted octanol–water partition coefficient (Wildman–Crippen LogP) is -2.39. The quantitative estimate of drug-likeness (QED) is 0.381. The zero-order valence-corrected chi connectivity index (χ0v) is 8.07. The molecule has 5 N–H and O–H groups in total. The maximum atomic E-state index is 11.2. The molecule has 15 heavy (non-hydrogen) atoms. The molecular formula is C7H12N4O4. The Morgan fingerprint density at radius 3 is 2.47 bits per heavy atom. The first kappa shape index (κ1) is 11.4. The first-order valence-electron chi connectivity index (χ1n) is 4.20. The highest BCUT2D eigenvalue weighted by atomic mass is 16.3. The van der Waals surface area contributed by atoms with Crippen molar-refractivity contribution in [3.8, 4) is 0 Å². The third-order valence-corrected chi connectivity index (χ3v) is 1.83. The largest absolute Gasteiger partial charge is 0.394 e. The minimum absolute atomic E-state index is 0.166. The molecule has 0 spiro atoms. The van der Waals surface area contributed by atoms with Crippen LogP contribution in [0.4, 0.5) is 5.82 Å². The molecular weight excluding hydrogens is 204 g/mol. The normalized spacial score (nSPS) is 11.4. The molecule has 0 saturated heterocycles. The number of hydrogen-bond donors (Lipinski definition) is 5. The van der Waals surface area contributed by atoms with Crippen LogP contribution < -0.4 is 16.6 Å². The van der Waals surface area contributed by atoms with E-state index in [-0.39, 0.29) is 19.0 Å². The van der Waals surface area contributed by atoms with Crippen molar-refractivity contribution in [2.45, 2.75) is 12.5 Å². The second-order valence-electron chi connectivity index (χ2n) is 3.36. The van der Waals surface area contributed by atoms with Crippen molar-refractivity contribution < 1.29 is 10.2 Å². The van der Waals surface area contributed by atoms with Gasteiger partial charge in [0.05, 0.1) is 18.8 Å². The number of nitrogens with one attached hydrogen (secondary N) is 3. The van der Waals surface area contributed by atoms with Crippen LogP contribution in [-0.2, 0) is 0 Å². The van der Waals surface area contributed by atoms with Crippen molar-refractivity contribution in [1.82, 2.24) is 15.2 Å². The van der Waals surface area contributed by atoms with E-state index in [1.165, 1.54) is 6.92 Å². The summed E-state index contributed by atoms with van der Waals surface area (Å²) in [5.74, 6) is -0.166. The van der Waals surface area contributed by atoms with Gasteiger partial charge >= 0.3 is 5.69 Å². The molecule has 0 saturated carbocycles. The Balaban J connectivity index is 2.99. The van der Waals surface area contributed by atoms with Gasteiger partial charge in [-0.1, -0.05) is 0 Å². The Labute approximate surface area is 84.0 Å². The Bertz CT molecular complexity index is 433. The molecule has 1 aromatic heterocycles. The molecule has 0 aliphatic heterocycles. The third kappa shape index (κ3) is 2.64. The van der Waals surface area contributed by atoms with Crippen molar-refractivity contribution in [2.24, 2.45) is 0 Å². The van der Waals surface area contributed by atoms with E-state index >= 15 is 0 Å². The van der Waals surface area contributed by atoms with Gasteiger partial charge in [-0.2, -0.15) is 0 Å². The summed E-state index contributed by atoms with van der Waals surface area (Å²) in [4.78, 5) is 23.8. The monoisotopic (exact) mass is 216 g/mol. The zero-order valence-electron chi connectivity index (χ0n) is 8.07. The second-order valence-corrected chi connectivity index (χ2v) is 3.36. The number of aromatic nitrogens is 3. The van der Waals surface area contributed by atoms with Crippen molar-refractivity contribution in [3.05, 3.63) is 20.8 Å². The van der Waals surface area contributed by atoms with Crippen LogP contribution in [0.5, 0.6) is 0 Å². The summed E-state index contributed by atoms with van der Waals surface area (Å²) in [6.45, 7) is 0.729. The fourth-order valence-corrected chi connectivity index (χ4v) is 0.847. The fraction of sp³-hybridized carbons (Fsp3) is 0.571. The first-order valence-corrected chi connectivity index (χ1v) is 4.20. The summed E-state index contributed by atoms with van der Waals surface area (Å²) >= 11 is 0. The summed E-state index contributed by atoms with van der Waals surface area (Å²) in [5, 5.41) is 25.9. The molecule has 0 radical (unpaired) electrons. The van der Waals surface area contributed by atoms with E-state index in [0.29, 0.717) is 0 Å². The number of rotatable bonds is 4. The molecule has 0 aliphatic rings. The van der Waals surface area contributed by atoms with E-state index < -0.39 is 16.8 Å². The fourth-order valence-electron chi connectivity index (χ4n) is 0.847. The highest BCUT2D eigenvalue weighted by Crippen LogP contribution is 2.06. The Morgan fingerprint density at radius 1 is 1.40 bits per heavy atom. The van der Waals surface area contributed by atoms with Crippen LogP contribution in [0.2, 0.25) is 0 Å². The predicted molar refractivity (Wildman–Crippen MR) is 51.7 cm³/mol. The van der Waals surface area contributed by atoms with E-state index in [1.54, 1.807) is 0 Å². The minimum Gasteiger partial charge on any atom is -0.394 e. The lowest BCUT2D eigenvalue weighted by molar-refractivity contribution is 0.147. The molecule has 1 aromatic rings. The molecule has 0 bridgehead atoms. The van der Waals surface area contributed by atoms with Gasteiger partial charge in [-0.15, -0.1) is 5.10 Å². The number of aliphatic hydroxyl groups is 2. The van der Waals surface area contributed by atoms with Gasteiger partial charge in [-0.3, -0.25) is 9.78 Å². The first-order chi connectivity index (χ1) is 7.00. The van der Waals surface area contributed by atoms with E-state index in [1.807, 2.05) is 10.1 Å². The Hall–Kier alpha value is -1.67. The van der Waals surface area contributed by atoms with Crippen LogP contribution in [0.25, 0.3) is 0 Å². The third-order valence-electron chi connectivity index (χ3n) is 1.83. The molecule has 0 atom stereocenters. The molecule has 1 heterocycles. The number of nitrogens with zero attached hydrogens (tertiary/aromatic N) is 1. The molecule has 84 valence electrons. The highest BCUT2D eigenvalue weighted by Gasteiger charge is 2.23. The summed E-state index contributed by atoms with van der Waals surface area (Å²) in [6, 6.07) is 0. The van der Waals surface area contributed by atoms with Gasteiger partial charge in [0.25, 0.3) is 5.56 Å². The lowest BCUT2D eigenvalue weighted by atomic mass is 10.1. The molecule has 0 fully saturated rings. The molecule has 1 rings (SSSR count). The standard InChI is InChI=1S/C7H12N4O4/c1-7(2-12,3-13)9-4-5(14)8-6(15)11-10-4/h12-13H,2-3H2,1H3,(H,9,10)(H2,8,11,14,15). The number of aromatic amines is 2. The SMILES string of the molecule is CC(CO)(CO)Nc1n[nH]c(=O)[nH]c1=O. The van der Waals surface area contributed by atoms with Crippen molar-refractivity contribution in [1.29, 1.82) is 0 Å². The summed E-state index contributed by atoms with van der Waals surface area (Å²) in [6.07, 6.45) is 0. The lowest BCUT2D eigenvalue weighted by Crippen LogP contribution is -2.45. The molecule has 0 amide bonds. The van der Waals surface area contributed by atoms with Crippen LogP contribution in [0.3, 0.4) is 0 Å². The molecule has 0 aliphatic carbocycles. The summed E-state index contributed by atoms with van der Waals surface area (Å²) in [7, 11) is 0. The maximum Gasteiger partial charge on any atom is 0.342 e. The molecule has 0 aromatic carbocycles. The highest BCUT2D eigenvalue weighted by molar-refractivity contribution is 5.33. The topological polar surface area (TPSA) is 131 Å². The van der Waals surface area contributed by atoms with Crippen molar-refractivity contribution in [2.75, 3.05) is 18.5 Å². The number of anilines is 1. The Morgan fingerprint density at radius 2 is 2.00 bits per heavy atom. The maximum absolute atomic E-state index is 11.2. The van der Waals surface area contributed by atoms with Crippen LogP contribution in [0.1, 0.15) is 6.92 Å². The average Bonchev–Trinajstić information content (AvgIpc) is 2.22. The molecule has 0 unspecified atom stereocenters. The van der Waals surface area contributed by atoms with Gasteiger partial charge in [0.1, 0.15) is 0 Å². The lowest BCUT2D eigenvalue weighted by Gasteiger charge is -2.25.